The smallest absolute Gasteiger partial charge is 0.266 e. The van der Waals surface area contributed by atoms with Gasteiger partial charge in [0.25, 0.3) is 5.56 Å². The van der Waals surface area contributed by atoms with Crippen LogP contribution in [0.1, 0.15) is 12.8 Å². The molecule has 0 spiro atoms. The van der Waals surface area contributed by atoms with Crippen molar-refractivity contribution in [3.05, 3.63) is 20.3 Å². The summed E-state index contributed by atoms with van der Waals surface area (Å²) < 4.78 is 0.625. The molecule has 1 rings (SSSR count). The van der Waals surface area contributed by atoms with Crippen LogP contribution in [0.5, 0.6) is 0 Å². The average molecular weight is 339 g/mol. The van der Waals surface area contributed by atoms with Crippen molar-refractivity contribution in [1.82, 2.24) is 9.97 Å². The molecule has 0 saturated carbocycles. The number of rotatable bonds is 6. The first-order valence-electron chi connectivity index (χ1n) is 4.71. The van der Waals surface area contributed by atoms with Crippen molar-refractivity contribution in [2.45, 2.75) is 12.8 Å². The van der Waals surface area contributed by atoms with Crippen molar-refractivity contribution in [3.63, 3.8) is 0 Å². The van der Waals surface area contributed by atoms with Crippen molar-refractivity contribution in [2.24, 2.45) is 0 Å². The quantitative estimate of drug-likeness (QED) is 0.614. The third-order valence-electron chi connectivity index (χ3n) is 1.86. The standard InChI is InChI=1S/C9H14IN3OS/c1-15-5-3-2-4-11-8-7(10)9(14)13-6-12-8/h6H,2-5H2,1H3,(H2,11,12,13,14). The van der Waals surface area contributed by atoms with Crippen LogP contribution < -0.4 is 10.9 Å². The Morgan fingerprint density at radius 3 is 3.13 bits per heavy atom. The molecule has 0 unspecified atom stereocenters. The summed E-state index contributed by atoms with van der Waals surface area (Å²) in [5.41, 5.74) is -0.0859. The molecule has 0 amide bonds. The van der Waals surface area contributed by atoms with E-state index in [1.165, 1.54) is 18.5 Å². The molecule has 2 N–H and O–H groups in total. The first kappa shape index (κ1) is 12.8. The Balaban J connectivity index is 2.38. The minimum absolute atomic E-state index is 0.0859. The van der Waals surface area contributed by atoms with Crippen LogP contribution in [0.15, 0.2) is 11.1 Å². The van der Waals surface area contributed by atoms with Gasteiger partial charge in [0, 0.05) is 6.54 Å². The average Bonchev–Trinajstić information content (AvgIpc) is 2.24. The van der Waals surface area contributed by atoms with Crippen LogP contribution in [-0.4, -0.2) is 28.5 Å². The maximum atomic E-state index is 11.2. The lowest BCUT2D eigenvalue weighted by atomic mass is 10.3. The molecular formula is C9H14IN3OS. The van der Waals surface area contributed by atoms with E-state index in [4.69, 9.17) is 0 Å². The number of nitrogens with one attached hydrogen (secondary N) is 2. The number of hydrogen-bond acceptors (Lipinski definition) is 4. The third kappa shape index (κ3) is 4.42. The lowest BCUT2D eigenvalue weighted by Crippen LogP contribution is -2.15. The Hall–Kier alpha value is -0.240. The summed E-state index contributed by atoms with van der Waals surface area (Å²) in [6, 6.07) is 0. The van der Waals surface area contributed by atoms with E-state index in [1.807, 2.05) is 34.4 Å². The SMILES string of the molecule is CSCCCCNc1nc[nH]c(=O)c1I. The zero-order chi connectivity index (χ0) is 11.1. The Labute approximate surface area is 107 Å². The summed E-state index contributed by atoms with van der Waals surface area (Å²) in [6.45, 7) is 0.868. The van der Waals surface area contributed by atoms with E-state index >= 15 is 0 Å². The summed E-state index contributed by atoms with van der Waals surface area (Å²) in [4.78, 5) is 17.8. The highest BCUT2D eigenvalue weighted by Crippen LogP contribution is 2.09. The number of thioether (sulfide) groups is 1. The highest BCUT2D eigenvalue weighted by Gasteiger charge is 2.03. The number of unbranched alkanes of at least 4 members (excludes halogenated alkanes) is 1. The topological polar surface area (TPSA) is 57.8 Å². The Morgan fingerprint density at radius 2 is 2.40 bits per heavy atom. The van der Waals surface area contributed by atoms with Gasteiger partial charge >= 0.3 is 0 Å². The first-order valence-corrected chi connectivity index (χ1v) is 7.19. The maximum Gasteiger partial charge on any atom is 0.266 e. The second-order valence-electron chi connectivity index (χ2n) is 3.02. The molecule has 84 valence electrons. The number of H-pyrrole nitrogens is 1. The molecule has 4 nitrogen and oxygen atoms in total. The lowest BCUT2D eigenvalue weighted by Gasteiger charge is -2.05. The number of anilines is 1. The van der Waals surface area contributed by atoms with Crippen molar-refractivity contribution in [1.29, 1.82) is 0 Å². The van der Waals surface area contributed by atoms with Crippen LogP contribution in [0.3, 0.4) is 0 Å². The van der Waals surface area contributed by atoms with Gasteiger partial charge in [-0.25, -0.2) is 4.98 Å². The van der Waals surface area contributed by atoms with Crippen LogP contribution in [0.2, 0.25) is 0 Å². The molecule has 15 heavy (non-hydrogen) atoms. The summed E-state index contributed by atoms with van der Waals surface area (Å²) in [7, 11) is 0. The molecule has 1 aromatic heterocycles. The van der Waals surface area contributed by atoms with E-state index in [9.17, 15) is 4.79 Å². The molecule has 0 saturated heterocycles. The Bertz CT molecular complexity index is 355. The van der Waals surface area contributed by atoms with E-state index < -0.39 is 0 Å². The fraction of sp³-hybridized carbons (Fsp3) is 0.556. The number of nitrogens with zero attached hydrogens (tertiary/aromatic N) is 1. The van der Waals surface area contributed by atoms with Crippen molar-refractivity contribution >= 4 is 40.2 Å². The van der Waals surface area contributed by atoms with Crippen LogP contribution in [0.25, 0.3) is 0 Å². The van der Waals surface area contributed by atoms with Crippen LogP contribution in [0.4, 0.5) is 5.82 Å². The molecule has 0 aromatic carbocycles. The van der Waals surface area contributed by atoms with Gasteiger partial charge in [-0.05, 0) is 47.4 Å². The van der Waals surface area contributed by atoms with Gasteiger partial charge in [-0.2, -0.15) is 11.8 Å². The number of aromatic nitrogens is 2. The molecule has 0 radical (unpaired) electrons. The van der Waals surface area contributed by atoms with E-state index in [1.54, 1.807) is 0 Å². The molecule has 6 heteroatoms. The summed E-state index contributed by atoms with van der Waals surface area (Å²) >= 11 is 3.85. The fourth-order valence-electron chi connectivity index (χ4n) is 1.08. The van der Waals surface area contributed by atoms with Gasteiger partial charge in [0.2, 0.25) is 0 Å². The molecule has 1 heterocycles. The second kappa shape index (κ2) is 7.10. The van der Waals surface area contributed by atoms with E-state index in [-0.39, 0.29) is 5.56 Å². The Morgan fingerprint density at radius 1 is 1.60 bits per heavy atom. The monoisotopic (exact) mass is 339 g/mol. The van der Waals surface area contributed by atoms with Gasteiger partial charge in [0.05, 0.1) is 6.33 Å². The largest absolute Gasteiger partial charge is 0.369 e. The van der Waals surface area contributed by atoms with Crippen molar-refractivity contribution < 1.29 is 0 Å². The molecule has 0 aliphatic carbocycles. The molecule has 0 atom stereocenters. The molecular weight excluding hydrogens is 325 g/mol. The maximum absolute atomic E-state index is 11.2. The summed E-state index contributed by atoms with van der Waals surface area (Å²) in [6.07, 6.45) is 5.82. The van der Waals surface area contributed by atoms with E-state index in [0.717, 1.165) is 13.0 Å². The fourth-order valence-corrected chi connectivity index (χ4v) is 2.06. The normalized spacial score (nSPS) is 10.3. The van der Waals surface area contributed by atoms with Gasteiger partial charge in [0.15, 0.2) is 0 Å². The highest BCUT2D eigenvalue weighted by atomic mass is 127. The predicted molar refractivity (Wildman–Crippen MR) is 73.7 cm³/mol. The van der Waals surface area contributed by atoms with Gasteiger partial charge in [-0.3, -0.25) is 4.79 Å². The van der Waals surface area contributed by atoms with E-state index in [0.29, 0.717) is 9.39 Å². The lowest BCUT2D eigenvalue weighted by molar-refractivity contribution is 0.837. The summed E-state index contributed by atoms with van der Waals surface area (Å²) in [5.74, 6) is 1.87. The summed E-state index contributed by atoms with van der Waals surface area (Å²) in [5, 5.41) is 3.16. The van der Waals surface area contributed by atoms with Crippen LogP contribution in [0, 0.1) is 3.57 Å². The van der Waals surface area contributed by atoms with Gasteiger partial charge in [0.1, 0.15) is 9.39 Å². The van der Waals surface area contributed by atoms with Gasteiger partial charge in [-0.15, -0.1) is 0 Å². The third-order valence-corrected chi connectivity index (χ3v) is 3.56. The number of aromatic amines is 1. The molecule has 0 aliphatic heterocycles. The van der Waals surface area contributed by atoms with Gasteiger partial charge in [-0.1, -0.05) is 0 Å². The molecule has 0 bridgehead atoms. The van der Waals surface area contributed by atoms with E-state index in [2.05, 4.69) is 21.5 Å². The second-order valence-corrected chi connectivity index (χ2v) is 5.09. The van der Waals surface area contributed by atoms with Crippen molar-refractivity contribution in [2.75, 3.05) is 23.9 Å². The number of hydrogen-bond donors (Lipinski definition) is 2. The highest BCUT2D eigenvalue weighted by molar-refractivity contribution is 14.1. The minimum Gasteiger partial charge on any atom is -0.369 e. The Kier molecular flexibility index (Phi) is 6.07. The predicted octanol–water partition coefficient (Wildman–Crippen LogP) is 1.93. The van der Waals surface area contributed by atoms with Crippen LogP contribution in [-0.2, 0) is 0 Å². The van der Waals surface area contributed by atoms with Gasteiger partial charge < -0.3 is 10.3 Å². The van der Waals surface area contributed by atoms with Crippen molar-refractivity contribution in [3.8, 4) is 0 Å². The zero-order valence-electron chi connectivity index (χ0n) is 8.55. The minimum atomic E-state index is -0.0859. The van der Waals surface area contributed by atoms with Crippen LogP contribution >= 0.6 is 34.4 Å². The first-order chi connectivity index (χ1) is 7.25. The molecule has 0 aliphatic rings. The zero-order valence-corrected chi connectivity index (χ0v) is 11.5. The molecule has 1 aromatic rings. The number of halogens is 1. The molecule has 0 fully saturated rings.